The largest absolute Gasteiger partial charge is 0.444 e. The van der Waals surface area contributed by atoms with E-state index in [9.17, 15) is 20.2 Å². The number of furan rings is 1. The van der Waals surface area contributed by atoms with E-state index in [0.29, 0.717) is 30.6 Å². The number of allylic oxidation sites excluding steroid dienone is 3. The number of rotatable bonds is 2. The Hall–Kier alpha value is -3.08. The van der Waals surface area contributed by atoms with Gasteiger partial charge in [-0.1, -0.05) is 0 Å². The molecule has 2 aliphatic rings. The van der Waals surface area contributed by atoms with Crippen molar-refractivity contribution in [3.63, 3.8) is 0 Å². The standard InChI is InChI=1S/C14H11N3O5/c15-6-7-12(10-4-5-11(21-10)17(19)20)13-8(18)2-1-3-9(13)22-14(7)16/h4-5,12H,1-3,16H2/t12-/m0/s1. The van der Waals surface area contributed by atoms with Gasteiger partial charge < -0.3 is 14.9 Å². The molecule has 0 aromatic carbocycles. The highest BCUT2D eigenvalue weighted by molar-refractivity contribution is 5.99. The molecular formula is C14H11N3O5. The van der Waals surface area contributed by atoms with E-state index in [4.69, 9.17) is 14.9 Å². The van der Waals surface area contributed by atoms with E-state index in [-0.39, 0.29) is 23.0 Å². The van der Waals surface area contributed by atoms with Crippen molar-refractivity contribution in [2.75, 3.05) is 0 Å². The van der Waals surface area contributed by atoms with E-state index < -0.39 is 16.7 Å². The van der Waals surface area contributed by atoms with E-state index >= 15 is 0 Å². The lowest BCUT2D eigenvalue weighted by molar-refractivity contribution is -0.402. The van der Waals surface area contributed by atoms with E-state index in [2.05, 4.69) is 0 Å². The molecule has 1 atom stereocenters. The molecule has 1 aliphatic heterocycles. The van der Waals surface area contributed by atoms with Crippen molar-refractivity contribution in [2.45, 2.75) is 25.2 Å². The van der Waals surface area contributed by atoms with Crippen LogP contribution in [-0.4, -0.2) is 10.7 Å². The summed E-state index contributed by atoms with van der Waals surface area (Å²) >= 11 is 0. The zero-order chi connectivity index (χ0) is 15.9. The third-order valence-electron chi connectivity index (χ3n) is 3.68. The molecule has 0 spiro atoms. The minimum atomic E-state index is -0.852. The molecule has 2 heterocycles. The quantitative estimate of drug-likeness (QED) is 0.652. The number of carbonyl (C=O) groups is 1. The molecule has 0 radical (unpaired) electrons. The van der Waals surface area contributed by atoms with Crippen LogP contribution in [0.4, 0.5) is 5.88 Å². The lowest BCUT2D eigenvalue weighted by Crippen LogP contribution is -2.27. The van der Waals surface area contributed by atoms with Crippen LogP contribution in [0.15, 0.2) is 39.3 Å². The molecule has 1 aromatic rings. The molecule has 0 amide bonds. The molecule has 8 nitrogen and oxygen atoms in total. The number of nitro groups is 1. The van der Waals surface area contributed by atoms with Crippen LogP contribution in [0, 0.1) is 21.4 Å². The van der Waals surface area contributed by atoms with Gasteiger partial charge in [0.15, 0.2) is 5.78 Å². The summed E-state index contributed by atoms with van der Waals surface area (Å²) < 4.78 is 10.6. The molecule has 0 saturated heterocycles. The highest BCUT2D eigenvalue weighted by atomic mass is 16.6. The Labute approximate surface area is 124 Å². The Kier molecular flexibility index (Phi) is 3.18. The molecule has 2 N–H and O–H groups in total. The second-order valence-electron chi connectivity index (χ2n) is 4.97. The van der Waals surface area contributed by atoms with Crippen molar-refractivity contribution in [1.82, 2.24) is 0 Å². The van der Waals surface area contributed by atoms with Crippen molar-refractivity contribution in [3.05, 3.63) is 50.8 Å². The van der Waals surface area contributed by atoms with Gasteiger partial charge in [0, 0.05) is 18.4 Å². The summed E-state index contributed by atoms with van der Waals surface area (Å²) in [6.45, 7) is 0. The summed E-state index contributed by atoms with van der Waals surface area (Å²) in [4.78, 5) is 22.3. The summed E-state index contributed by atoms with van der Waals surface area (Å²) in [5.41, 5.74) is 6.08. The number of nitrogens with zero attached hydrogens (tertiary/aromatic N) is 2. The smallest absolute Gasteiger partial charge is 0.433 e. The number of hydrogen-bond acceptors (Lipinski definition) is 7. The van der Waals surface area contributed by atoms with Crippen LogP contribution in [0.2, 0.25) is 0 Å². The van der Waals surface area contributed by atoms with Crippen molar-refractivity contribution in [1.29, 1.82) is 5.26 Å². The van der Waals surface area contributed by atoms with Crippen molar-refractivity contribution >= 4 is 11.7 Å². The fraction of sp³-hybridized carbons (Fsp3) is 0.286. The van der Waals surface area contributed by atoms with Crippen LogP contribution in [0.25, 0.3) is 0 Å². The van der Waals surface area contributed by atoms with Gasteiger partial charge in [-0.05, 0) is 12.5 Å². The fourth-order valence-electron chi connectivity index (χ4n) is 2.74. The number of nitrogens with two attached hydrogens (primary N) is 1. The number of nitriles is 1. The number of Topliss-reactive ketones (excluding diaryl/α,β-unsaturated/α-hetero) is 1. The monoisotopic (exact) mass is 301 g/mol. The topological polar surface area (TPSA) is 132 Å². The van der Waals surface area contributed by atoms with Gasteiger partial charge in [0.2, 0.25) is 5.88 Å². The van der Waals surface area contributed by atoms with Gasteiger partial charge in [-0.25, -0.2) is 0 Å². The average Bonchev–Trinajstić information content (AvgIpc) is 2.95. The maximum absolute atomic E-state index is 12.2. The van der Waals surface area contributed by atoms with E-state index in [1.165, 1.54) is 12.1 Å². The highest BCUT2D eigenvalue weighted by Gasteiger charge is 2.40. The van der Waals surface area contributed by atoms with Crippen molar-refractivity contribution in [3.8, 4) is 6.07 Å². The van der Waals surface area contributed by atoms with Crippen LogP contribution in [0.1, 0.15) is 30.9 Å². The average molecular weight is 301 g/mol. The second-order valence-corrected chi connectivity index (χ2v) is 4.97. The zero-order valence-electron chi connectivity index (χ0n) is 11.4. The first-order valence-corrected chi connectivity index (χ1v) is 6.61. The Morgan fingerprint density at radius 1 is 1.41 bits per heavy atom. The third kappa shape index (κ3) is 2.03. The Bertz CT molecular complexity index is 781. The SMILES string of the molecule is N#CC1=C(N)OC2=C(C(=O)CCC2)[C@@H]1c1ccc([N+](=O)[O-])o1. The summed E-state index contributed by atoms with van der Waals surface area (Å²) in [6, 6.07) is 4.47. The van der Waals surface area contributed by atoms with E-state index in [1.54, 1.807) is 0 Å². The number of ether oxygens (including phenoxy) is 1. The van der Waals surface area contributed by atoms with Gasteiger partial charge in [-0.15, -0.1) is 0 Å². The second kappa shape index (κ2) is 5.04. The van der Waals surface area contributed by atoms with Gasteiger partial charge >= 0.3 is 5.88 Å². The van der Waals surface area contributed by atoms with Crippen molar-refractivity contribution < 1.29 is 18.9 Å². The summed E-state index contributed by atoms with van der Waals surface area (Å²) in [5.74, 6) is -1.02. The molecule has 8 heteroatoms. The van der Waals surface area contributed by atoms with Crippen LogP contribution in [0.3, 0.4) is 0 Å². The normalized spacial score (nSPS) is 21.2. The summed E-state index contributed by atoms with van der Waals surface area (Å²) in [6.07, 6.45) is 1.50. The number of ketones is 1. The predicted molar refractivity (Wildman–Crippen MR) is 71.9 cm³/mol. The third-order valence-corrected chi connectivity index (χ3v) is 3.68. The summed E-state index contributed by atoms with van der Waals surface area (Å²) in [5, 5.41) is 20.1. The van der Waals surface area contributed by atoms with Gasteiger partial charge in [0.25, 0.3) is 0 Å². The molecule has 1 aromatic heterocycles. The molecule has 3 rings (SSSR count). The first kappa shape index (κ1) is 13.9. The molecule has 0 saturated carbocycles. The molecule has 22 heavy (non-hydrogen) atoms. The maximum atomic E-state index is 12.2. The minimum absolute atomic E-state index is 0.0262. The van der Waals surface area contributed by atoms with Gasteiger partial charge in [0.1, 0.15) is 28.1 Å². The highest BCUT2D eigenvalue weighted by Crippen LogP contribution is 2.44. The lowest BCUT2D eigenvalue weighted by Gasteiger charge is -2.29. The molecule has 0 unspecified atom stereocenters. The van der Waals surface area contributed by atoms with Crippen LogP contribution in [0.5, 0.6) is 0 Å². The van der Waals surface area contributed by atoms with Gasteiger partial charge in [-0.2, -0.15) is 5.26 Å². The van der Waals surface area contributed by atoms with Crippen LogP contribution < -0.4 is 5.73 Å². The first-order valence-electron chi connectivity index (χ1n) is 6.61. The lowest BCUT2D eigenvalue weighted by atomic mass is 9.80. The molecule has 0 fully saturated rings. The predicted octanol–water partition coefficient (Wildman–Crippen LogP) is 2.00. The maximum Gasteiger partial charge on any atom is 0.433 e. The number of hydrogen-bond donors (Lipinski definition) is 1. The molecule has 0 bridgehead atoms. The first-order chi connectivity index (χ1) is 10.5. The van der Waals surface area contributed by atoms with E-state index in [1.807, 2.05) is 6.07 Å². The fourth-order valence-corrected chi connectivity index (χ4v) is 2.74. The van der Waals surface area contributed by atoms with E-state index in [0.717, 1.165) is 0 Å². The van der Waals surface area contributed by atoms with Gasteiger partial charge in [-0.3, -0.25) is 14.9 Å². The Balaban J connectivity index is 2.15. The van der Waals surface area contributed by atoms with Crippen LogP contribution in [-0.2, 0) is 9.53 Å². The molecular weight excluding hydrogens is 290 g/mol. The zero-order valence-corrected chi connectivity index (χ0v) is 11.4. The molecule has 112 valence electrons. The molecule has 1 aliphatic carbocycles. The Morgan fingerprint density at radius 3 is 2.82 bits per heavy atom. The minimum Gasteiger partial charge on any atom is -0.444 e. The number of carbonyl (C=O) groups excluding carboxylic acids is 1. The Morgan fingerprint density at radius 2 is 2.18 bits per heavy atom. The van der Waals surface area contributed by atoms with Gasteiger partial charge in [0.05, 0.1) is 12.0 Å². The van der Waals surface area contributed by atoms with Crippen LogP contribution >= 0.6 is 0 Å². The van der Waals surface area contributed by atoms with Crippen molar-refractivity contribution in [2.24, 2.45) is 5.73 Å². The summed E-state index contributed by atoms with van der Waals surface area (Å²) in [7, 11) is 0.